The molecule has 4 atom stereocenters. The maximum atomic E-state index is 9.62. The third-order valence-corrected chi connectivity index (χ3v) is 5.64. The number of hydrogen-bond acceptors (Lipinski definition) is 4. The molecule has 0 aromatic carbocycles. The van der Waals surface area contributed by atoms with Crippen LogP contribution < -0.4 is 0 Å². The molecular formula is C16H12N4. The molecule has 4 rings (SSSR count). The molecule has 0 saturated heterocycles. The molecule has 4 heteroatoms. The van der Waals surface area contributed by atoms with E-state index >= 15 is 0 Å². The molecule has 4 nitrogen and oxygen atoms in total. The van der Waals surface area contributed by atoms with Gasteiger partial charge in [-0.25, -0.2) is 0 Å². The van der Waals surface area contributed by atoms with Crippen LogP contribution in [0.15, 0.2) is 23.3 Å². The van der Waals surface area contributed by atoms with Gasteiger partial charge in [0, 0.05) is 11.8 Å². The highest BCUT2D eigenvalue weighted by molar-refractivity contribution is 5.52. The molecule has 0 unspecified atom stereocenters. The van der Waals surface area contributed by atoms with E-state index in [0.717, 1.165) is 0 Å². The van der Waals surface area contributed by atoms with Gasteiger partial charge >= 0.3 is 0 Å². The normalized spacial score (nSPS) is 37.7. The topological polar surface area (TPSA) is 95.2 Å². The van der Waals surface area contributed by atoms with E-state index in [1.54, 1.807) is 0 Å². The van der Waals surface area contributed by atoms with Gasteiger partial charge in [0.15, 0.2) is 10.8 Å². The predicted molar refractivity (Wildman–Crippen MR) is 68.8 cm³/mol. The van der Waals surface area contributed by atoms with E-state index in [2.05, 4.69) is 0 Å². The van der Waals surface area contributed by atoms with E-state index in [-0.39, 0.29) is 23.7 Å². The number of rotatable bonds is 0. The van der Waals surface area contributed by atoms with Crippen LogP contribution in [-0.4, -0.2) is 0 Å². The molecule has 4 aliphatic carbocycles. The summed E-state index contributed by atoms with van der Waals surface area (Å²) >= 11 is 0. The quantitative estimate of drug-likeness (QED) is 0.625. The summed E-state index contributed by atoms with van der Waals surface area (Å²) in [6.07, 6.45) is 3.75. The minimum Gasteiger partial charge on any atom is -0.196 e. The molecule has 1 fully saturated rings. The number of allylic oxidation sites excluding steroid dienone is 4. The number of nitrogens with zero attached hydrogens (tertiary/aromatic N) is 4. The monoisotopic (exact) mass is 260 g/mol. The lowest BCUT2D eigenvalue weighted by Crippen LogP contribution is -2.63. The van der Waals surface area contributed by atoms with Crippen LogP contribution in [0.2, 0.25) is 0 Å². The molecule has 0 aromatic rings. The summed E-state index contributed by atoms with van der Waals surface area (Å²) in [5.41, 5.74) is -0.736. The fourth-order valence-corrected chi connectivity index (χ4v) is 4.49. The van der Waals surface area contributed by atoms with Crippen molar-refractivity contribution in [2.24, 2.45) is 34.5 Å². The highest BCUT2D eigenvalue weighted by atomic mass is 14.7. The number of fused-ring (bicyclic) bond motifs is 1. The summed E-state index contributed by atoms with van der Waals surface area (Å²) in [7, 11) is 0. The van der Waals surface area contributed by atoms with E-state index < -0.39 is 10.8 Å². The molecular weight excluding hydrogens is 248 g/mol. The zero-order valence-electron chi connectivity index (χ0n) is 11.3. The largest absolute Gasteiger partial charge is 0.196 e. The summed E-state index contributed by atoms with van der Waals surface area (Å²) < 4.78 is 0. The molecule has 96 valence electrons. The van der Waals surface area contributed by atoms with Crippen LogP contribution >= 0.6 is 0 Å². The van der Waals surface area contributed by atoms with Crippen molar-refractivity contribution in [2.75, 3.05) is 0 Å². The lowest BCUT2D eigenvalue weighted by atomic mass is 9.36. The second kappa shape index (κ2) is 3.50. The maximum absolute atomic E-state index is 9.62. The molecule has 0 aliphatic heterocycles. The summed E-state index contributed by atoms with van der Waals surface area (Å²) in [4.78, 5) is 0. The molecule has 20 heavy (non-hydrogen) atoms. The minimum atomic E-state index is -1.57. The molecule has 2 bridgehead atoms. The fourth-order valence-electron chi connectivity index (χ4n) is 4.49. The van der Waals surface area contributed by atoms with Crippen molar-refractivity contribution in [1.29, 1.82) is 21.0 Å². The highest BCUT2D eigenvalue weighted by Crippen LogP contribution is 2.69. The first kappa shape index (κ1) is 12.5. The van der Waals surface area contributed by atoms with Crippen molar-refractivity contribution in [3.63, 3.8) is 0 Å². The molecule has 1 saturated carbocycles. The summed E-state index contributed by atoms with van der Waals surface area (Å²) in [5, 5.41) is 38.5. The van der Waals surface area contributed by atoms with Gasteiger partial charge in [0.2, 0.25) is 0 Å². The van der Waals surface area contributed by atoms with E-state index in [4.69, 9.17) is 0 Å². The van der Waals surface area contributed by atoms with Crippen LogP contribution in [0, 0.1) is 79.8 Å². The molecule has 0 amide bonds. The Morgan fingerprint density at radius 1 is 0.750 bits per heavy atom. The first-order chi connectivity index (χ1) is 9.54. The van der Waals surface area contributed by atoms with E-state index in [9.17, 15) is 21.0 Å². The summed E-state index contributed by atoms with van der Waals surface area (Å²) in [5.74, 6) is -0.482. The molecule has 4 aliphatic rings. The molecule has 0 spiro atoms. The van der Waals surface area contributed by atoms with Crippen molar-refractivity contribution in [1.82, 2.24) is 0 Å². The van der Waals surface area contributed by atoms with Gasteiger partial charge in [-0.05, 0) is 25.7 Å². The number of nitriles is 4. The number of hydrogen-bond donors (Lipinski definition) is 0. The van der Waals surface area contributed by atoms with Crippen molar-refractivity contribution in [3.8, 4) is 24.3 Å². The summed E-state index contributed by atoms with van der Waals surface area (Å²) in [6.45, 7) is 4.04. The zero-order chi connectivity index (χ0) is 14.7. The lowest BCUT2D eigenvalue weighted by molar-refractivity contribution is -0.00582. The van der Waals surface area contributed by atoms with Crippen LogP contribution in [0.3, 0.4) is 0 Å². The van der Waals surface area contributed by atoms with Crippen LogP contribution in [0.4, 0.5) is 0 Å². The first-order valence-electron chi connectivity index (χ1n) is 6.55. The van der Waals surface area contributed by atoms with Gasteiger partial charge in [0.1, 0.15) is 0 Å². The van der Waals surface area contributed by atoms with E-state index in [1.165, 1.54) is 11.1 Å². The first-order valence-corrected chi connectivity index (χ1v) is 6.55. The summed E-state index contributed by atoms with van der Waals surface area (Å²) in [6, 6.07) is 8.13. The molecule has 0 aromatic heterocycles. The van der Waals surface area contributed by atoms with Gasteiger partial charge in [-0.15, -0.1) is 0 Å². The van der Waals surface area contributed by atoms with Gasteiger partial charge in [-0.2, -0.15) is 21.0 Å². The van der Waals surface area contributed by atoms with Gasteiger partial charge < -0.3 is 0 Å². The van der Waals surface area contributed by atoms with Gasteiger partial charge in [0.05, 0.1) is 24.3 Å². The Labute approximate surface area is 117 Å². The second-order valence-electron chi connectivity index (χ2n) is 5.92. The van der Waals surface area contributed by atoms with Crippen LogP contribution in [-0.2, 0) is 0 Å². The predicted octanol–water partition coefficient (Wildman–Crippen LogP) is 2.45. The average Bonchev–Trinajstić information content (AvgIpc) is 2.52. The van der Waals surface area contributed by atoms with Crippen LogP contribution in [0.1, 0.15) is 13.8 Å². The van der Waals surface area contributed by atoms with Gasteiger partial charge in [-0.1, -0.05) is 23.3 Å². The Balaban J connectivity index is 2.34. The highest BCUT2D eigenvalue weighted by Gasteiger charge is 2.73. The third-order valence-electron chi connectivity index (χ3n) is 5.64. The molecule has 0 heterocycles. The van der Waals surface area contributed by atoms with E-state index in [1.807, 2.05) is 50.3 Å². The molecule has 0 N–H and O–H groups in total. The van der Waals surface area contributed by atoms with Crippen LogP contribution in [0.25, 0.3) is 0 Å². The average molecular weight is 260 g/mol. The Morgan fingerprint density at radius 3 is 1.30 bits per heavy atom. The Bertz CT molecular complexity index is 638. The standard InChI is InChI=1S/C16H12N4/c1-9-10(2)14-12-4-3-11(13(9)14)15(5-17,6-18)16(12,7-19)8-20/h3-4,11-14H,1-2H3/t11-,12-,13-,14-/m0/s1. The Hall–Kier alpha value is -2.56. The second-order valence-corrected chi connectivity index (χ2v) is 5.92. The molecule has 0 radical (unpaired) electrons. The van der Waals surface area contributed by atoms with Crippen molar-refractivity contribution < 1.29 is 0 Å². The van der Waals surface area contributed by atoms with Gasteiger partial charge in [0.25, 0.3) is 0 Å². The zero-order valence-corrected chi connectivity index (χ0v) is 11.3. The SMILES string of the molecule is CC1=C(C)[C@@H]2[C@@H]1[C@@H]1C=C[C@@H]2C(C#N)(C#N)C1(C#N)C#N. The maximum Gasteiger partial charge on any atom is 0.182 e. The van der Waals surface area contributed by atoms with Crippen molar-refractivity contribution >= 4 is 0 Å². The fraction of sp³-hybridized carbons (Fsp3) is 0.500. The Kier molecular flexibility index (Phi) is 2.19. The third kappa shape index (κ3) is 0.911. The van der Waals surface area contributed by atoms with E-state index in [0.29, 0.717) is 0 Å². The van der Waals surface area contributed by atoms with Crippen molar-refractivity contribution in [2.45, 2.75) is 13.8 Å². The minimum absolute atomic E-state index is 0.124. The van der Waals surface area contributed by atoms with Crippen molar-refractivity contribution in [3.05, 3.63) is 23.3 Å². The smallest absolute Gasteiger partial charge is 0.182 e. The lowest BCUT2D eigenvalue weighted by Gasteiger charge is -2.61. The Morgan fingerprint density at radius 2 is 1.05 bits per heavy atom. The van der Waals surface area contributed by atoms with Gasteiger partial charge in [-0.3, -0.25) is 0 Å². The van der Waals surface area contributed by atoms with Crippen LogP contribution in [0.5, 0.6) is 0 Å².